The van der Waals surface area contributed by atoms with Crippen LogP contribution >= 0.6 is 0 Å². The number of carbonyl (C=O) groups is 1. The second kappa shape index (κ2) is 12.2. The Balaban J connectivity index is 6.05. The van der Waals surface area contributed by atoms with E-state index in [-0.39, 0.29) is 22.0 Å². The maximum absolute atomic E-state index is 12.9. The Morgan fingerprint density at radius 1 is 0.844 bits per heavy atom. The van der Waals surface area contributed by atoms with Crippen molar-refractivity contribution in [3.05, 3.63) is 11.3 Å². The van der Waals surface area contributed by atoms with Crippen LogP contribution in [0.2, 0.25) is 36.3 Å². The minimum absolute atomic E-state index is 0.0504. The number of rotatable bonds is 12. The van der Waals surface area contributed by atoms with Gasteiger partial charge in [-0.25, -0.2) is 4.79 Å². The molecule has 190 valence electrons. The van der Waals surface area contributed by atoms with E-state index in [0.29, 0.717) is 24.5 Å². The molecule has 0 rings (SSSR count). The second-order valence-corrected chi connectivity index (χ2v) is 22.3. The van der Waals surface area contributed by atoms with Gasteiger partial charge in [0, 0.05) is 18.9 Å². The van der Waals surface area contributed by atoms with Gasteiger partial charge in [-0.2, -0.15) is 0 Å². The molecule has 1 unspecified atom stereocenters. The molecule has 0 aliphatic rings. The zero-order valence-corrected chi connectivity index (χ0v) is 25.8. The summed E-state index contributed by atoms with van der Waals surface area (Å²) in [4.78, 5) is 12.9. The van der Waals surface area contributed by atoms with Crippen molar-refractivity contribution in [3.63, 3.8) is 0 Å². The highest BCUT2D eigenvalue weighted by Gasteiger charge is 2.41. The van der Waals surface area contributed by atoms with E-state index in [4.69, 9.17) is 13.6 Å². The van der Waals surface area contributed by atoms with Crippen molar-refractivity contribution < 1.29 is 18.4 Å². The van der Waals surface area contributed by atoms with Gasteiger partial charge in [-0.15, -0.1) is 0 Å². The number of allylic oxidation sites excluding steroid dienone is 1. The van der Waals surface area contributed by atoms with Gasteiger partial charge in [0.2, 0.25) is 8.32 Å². The molecule has 0 saturated carbocycles. The summed E-state index contributed by atoms with van der Waals surface area (Å²) in [7, 11) is -2.55. The van der Waals surface area contributed by atoms with Crippen LogP contribution < -0.4 is 0 Å². The van der Waals surface area contributed by atoms with Crippen LogP contribution in [-0.2, 0) is 18.4 Å². The topological polar surface area (TPSA) is 44.8 Å². The van der Waals surface area contributed by atoms with E-state index in [1.807, 2.05) is 0 Å². The summed E-state index contributed by atoms with van der Waals surface area (Å²) in [6, 6.07) is 0. The van der Waals surface area contributed by atoms with Crippen LogP contribution in [0.4, 0.5) is 0 Å². The number of esters is 1. The molecular weight excluding hydrogens is 432 g/mol. The van der Waals surface area contributed by atoms with Crippen LogP contribution in [0.5, 0.6) is 0 Å². The van der Waals surface area contributed by atoms with Crippen molar-refractivity contribution in [1.29, 1.82) is 0 Å². The summed E-state index contributed by atoms with van der Waals surface area (Å²) in [6.07, 6.45) is 3.83. The Bertz CT molecular complexity index is 623. The summed E-state index contributed by atoms with van der Waals surface area (Å²) >= 11 is 0. The van der Waals surface area contributed by atoms with Crippen molar-refractivity contribution in [2.45, 2.75) is 124 Å². The Hall–Kier alpha value is -0.596. The van der Waals surface area contributed by atoms with Gasteiger partial charge in [-0.1, -0.05) is 75.2 Å². The van der Waals surface area contributed by atoms with Crippen LogP contribution in [0, 0.1) is 11.8 Å². The van der Waals surface area contributed by atoms with Gasteiger partial charge in [0.15, 0.2) is 8.32 Å². The first-order valence-electron chi connectivity index (χ1n) is 12.4. The summed E-state index contributed by atoms with van der Waals surface area (Å²) in [5.41, 5.74) is 0.660. The first-order valence-corrected chi connectivity index (χ1v) is 18.2. The van der Waals surface area contributed by atoms with Gasteiger partial charge in [0.1, 0.15) is 0 Å². The molecule has 0 aromatic carbocycles. The lowest BCUT2D eigenvalue weighted by Gasteiger charge is -2.39. The van der Waals surface area contributed by atoms with Crippen LogP contribution in [0.1, 0.15) is 88.0 Å². The smallest absolute Gasteiger partial charge is 0.337 e. The Labute approximate surface area is 202 Å². The molecule has 4 nitrogen and oxygen atoms in total. The van der Waals surface area contributed by atoms with E-state index in [0.717, 1.165) is 18.6 Å². The number of ether oxygens (including phenoxy) is 1. The minimum atomic E-state index is -2.12. The molecule has 0 fully saturated rings. The minimum Gasteiger partial charge on any atom is -0.546 e. The van der Waals surface area contributed by atoms with Gasteiger partial charge in [-0.05, 0) is 48.6 Å². The lowest BCUT2D eigenvalue weighted by Crippen LogP contribution is -2.42. The molecule has 0 aliphatic carbocycles. The average molecular weight is 487 g/mol. The molecule has 32 heavy (non-hydrogen) atoms. The highest BCUT2D eigenvalue weighted by molar-refractivity contribution is 6.74. The maximum atomic E-state index is 12.9. The summed E-state index contributed by atoms with van der Waals surface area (Å²) < 4.78 is 18.5. The Morgan fingerprint density at radius 2 is 1.34 bits per heavy atom. The molecule has 0 aliphatic heterocycles. The van der Waals surface area contributed by atoms with Crippen molar-refractivity contribution in [2.24, 2.45) is 11.8 Å². The van der Waals surface area contributed by atoms with Crippen LogP contribution in [0.15, 0.2) is 11.3 Å². The van der Waals surface area contributed by atoms with Crippen LogP contribution in [0.25, 0.3) is 0 Å². The van der Waals surface area contributed by atoms with Gasteiger partial charge in [0.05, 0.1) is 18.4 Å². The fourth-order valence-electron chi connectivity index (χ4n) is 2.92. The quantitative estimate of drug-likeness (QED) is 0.120. The molecule has 0 N–H and O–H groups in total. The van der Waals surface area contributed by atoms with Gasteiger partial charge in [-0.3, -0.25) is 0 Å². The molecular formula is C26H54O4Si2. The Kier molecular flexibility index (Phi) is 12.0. The fraction of sp³-hybridized carbons (Fsp3) is 0.885. The standard InChI is InChI=1S/C26H54O4Si2/c1-20(2)16-15-17-21(3)23(30-32(13,14)26(7,8)9)22(24(27)28-10)18-19-29-31(11,12)25(4,5)6/h20-21H,15-19H2,1-14H3. The second-order valence-electron chi connectivity index (χ2n) is 12.8. The monoisotopic (exact) mass is 486 g/mol. The lowest BCUT2D eigenvalue weighted by molar-refractivity contribution is -0.136. The highest BCUT2D eigenvalue weighted by atomic mass is 28.4. The highest BCUT2D eigenvalue weighted by Crippen LogP contribution is 2.41. The molecule has 1 atom stereocenters. The first-order chi connectivity index (χ1) is 14.3. The molecule has 0 heterocycles. The van der Waals surface area contributed by atoms with Crippen LogP contribution in [0.3, 0.4) is 0 Å². The normalized spacial score (nSPS) is 15.5. The molecule has 0 aromatic rings. The third kappa shape index (κ3) is 9.72. The summed E-state index contributed by atoms with van der Waals surface area (Å²) in [5, 5.41) is 0.182. The summed E-state index contributed by atoms with van der Waals surface area (Å²) in [5.74, 6) is 1.40. The van der Waals surface area contributed by atoms with Gasteiger partial charge < -0.3 is 13.6 Å². The third-order valence-corrected chi connectivity index (χ3v) is 16.3. The van der Waals surface area contributed by atoms with Crippen molar-refractivity contribution in [1.82, 2.24) is 0 Å². The van der Waals surface area contributed by atoms with E-state index < -0.39 is 16.6 Å². The molecule has 0 bridgehead atoms. The van der Waals surface area contributed by atoms with Gasteiger partial charge in [0.25, 0.3) is 0 Å². The Morgan fingerprint density at radius 3 is 1.75 bits per heavy atom. The molecule has 0 spiro atoms. The predicted octanol–water partition coefficient (Wildman–Crippen LogP) is 8.31. The summed E-state index contributed by atoms with van der Waals surface area (Å²) in [6.45, 7) is 29.6. The van der Waals surface area contributed by atoms with E-state index >= 15 is 0 Å². The molecule has 0 amide bonds. The zero-order chi connectivity index (χ0) is 25.5. The van der Waals surface area contributed by atoms with Crippen molar-refractivity contribution >= 4 is 22.6 Å². The molecule has 6 heteroatoms. The van der Waals surface area contributed by atoms with Crippen LogP contribution in [-0.4, -0.2) is 36.3 Å². The molecule has 0 saturated heterocycles. The third-order valence-electron chi connectivity index (χ3n) is 7.39. The number of hydrogen-bond donors (Lipinski definition) is 0. The maximum Gasteiger partial charge on any atom is 0.337 e. The van der Waals surface area contributed by atoms with Crippen molar-refractivity contribution in [3.8, 4) is 0 Å². The number of methoxy groups -OCH3 is 1. The predicted molar refractivity (Wildman–Crippen MR) is 143 cm³/mol. The average Bonchev–Trinajstić information content (AvgIpc) is 2.60. The van der Waals surface area contributed by atoms with Gasteiger partial charge >= 0.3 is 5.97 Å². The number of carbonyl (C=O) groups excluding carboxylic acids is 1. The zero-order valence-electron chi connectivity index (χ0n) is 23.8. The van der Waals surface area contributed by atoms with Crippen molar-refractivity contribution in [2.75, 3.05) is 13.7 Å². The molecule has 0 radical (unpaired) electrons. The SMILES string of the molecule is COC(=O)C(CCO[Si](C)(C)C(C)(C)C)=C(O[Si](C)(C)C(C)(C)C)C(C)CCCC(C)C. The van der Waals surface area contributed by atoms with E-state index in [1.54, 1.807) is 0 Å². The van der Waals surface area contributed by atoms with E-state index in [9.17, 15) is 4.79 Å². The number of hydrogen-bond acceptors (Lipinski definition) is 4. The van der Waals surface area contributed by atoms with E-state index in [2.05, 4.69) is 88.5 Å². The van der Waals surface area contributed by atoms with E-state index in [1.165, 1.54) is 13.5 Å². The largest absolute Gasteiger partial charge is 0.546 e. The lowest BCUT2D eigenvalue weighted by atomic mass is 9.95. The first kappa shape index (κ1) is 31.4. The molecule has 0 aromatic heterocycles. The fourth-order valence-corrected chi connectivity index (χ4v) is 5.15.